The van der Waals surface area contributed by atoms with E-state index in [1.54, 1.807) is 42.6 Å². The van der Waals surface area contributed by atoms with Gasteiger partial charge in [0.05, 0.1) is 0 Å². The summed E-state index contributed by atoms with van der Waals surface area (Å²) in [6, 6.07) is 19.6. The first-order valence-corrected chi connectivity index (χ1v) is 6.89. The summed E-state index contributed by atoms with van der Waals surface area (Å²) in [5, 5.41) is 2.42. The molecular weight excluding hydrogens is 276 g/mol. The van der Waals surface area contributed by atoms with E-state index >= 15 is 0 Å². The van der Waals surface area contributed by atoms with E-state index in [1.165, 1.54) is 0 Å². The van der Waals surface area contributed by atoms with Crippen LogP contribution < -0.4 is 5.32 Å². The Kier molecular flexibility index (Phi) is 3.83. The van der Waals surface area contributed by atoms with E-state index in [1.807, 2.05) is 30.3 Å². The van der Waals surface area contributed by atoms with Crippen LogP contribution in [0.3, 0.4) is 0 Å². The molecule has 4 heteroatoms. The number of carbonyl (C=O) groups excluding carboxylic acids is 2. The third-order valence-corrected chi connectivity index (χ3v) is 3.32. The third kappa shape index (κ3) is 2.81. The van der Waals surface area contributed by atoms with E-state index in [0.717, 1.165) is 11.3 Å². The summed E-state index contributed by atoms with van der Waals surface area (Å²) >= 11 is 0. The van der Waals surface area contributed by atoms with Gasteiger partial charge in [0.2, 0.25) is 0 Å². The third-order valence-electron chi connectivity index (χ3n) is 3.32. The van der Waals surface area contributed by atoms with E-state index in [9.17, 15) is 9.59 Å². The maximum atomic E-state index is 12.4. The van der Waals surface area contributed by atoms with Crippen LogP contribution >= 0.6 is 0 Å². The van der Waals surface area contributed by atoms with Crippen LogP contribution in [0, 0.1) is 0 Å². The number of H-pyrrole nitrogens is 1. The average Bonchev–Trinajstić information content (AvgIpc) is 3.10. The molecule has 0 spiro atoms. The van der Waals surface area contributed by atoms with Gasteiger partial charge in [-0.05, 0) is 30.3 Å². The minimum atomic E-state index is -0.418. The monoisotopic (exact) mass is 290 g/mol. The number of aromatic amines is 1. The van der Waals surface area contributed by atoms with Gasteiger partial charge in [0.25, 0.3) is 11.8 Å². The van der Waals surface area contributed by atoms with Gasteiger partial charge in [-0.1, -0.05) is 36.4 Å². The van der Waals surface area contributed by atoms with E-state index < -0.39 is 11.8 Å². The van der Waals surface area contributed by atoms with Gasteiger partial charge in [0.15, 0.2) is 0 Å². The van der Waals surface area contributed by atoms with Gasteiger partial charge < -0.3 is 4.98 Å². The van der Waals surface area contributed by atoms with Crippen LogP contribution in [0.5, 0.6) is 0 Å². The highest BCUT2D eigenvalue weighted by molar-refractivity contribution is 6.12. The Bertz CT molecular complexity index is 793. The summed E-state index contributed by atoms with van der Waals surface area (Å²) in [7, 11) is 0. The maximum absolute atomic E-state index is 12.4. The van der Waals surface area contributed by atoms with Gasteiger partial charge in [-0.2, -0.15) is 0 Å². The van der Waals surface area contributed by atoms with E-state index in [-0.39, 0.29) is 0 Å². The minimum absolute atomic E-state index is 0.410. The molecule has 1 heterocycles. The maximum Gasteiger partial charge on any atom is 0.258 e. The zero-order valence-electron chi connectivity index (χ0n) is 11.7. The molecule has 0 saturated heterocycles. The normalized spacial score (nSPS) is 10.2. The summed E-state index contributed by atoms with van der Waals surface area (Å²) < 4.78 is 0. The van der Waals surface area contributed by atoms with Crippen molar-refractivity contribution in [1.82, 2.24) is 10.3 Å². The molecular formula is C18H14N2O2. The van der Waals surface area contributed by atoms with E-state index in [4.69, 9.17) is 0 Å². The fourth-order valence-corrected chi connectivity index (χ4v) is 2.25. The van der Waals surface area contributed by atoms with Crippen molar-refractivity contribution >= 4 is 11.8 Å². The highest BCUT2D eigenvalue weighted by Gasteiger charge is 2.16. The molecule has 0 aliphatic rings. The van der Waals surface area contributed by atoms with Crippen LogP contribution in [0.15, 0.2) is 72.9 Å². The van der Waals surface area contributed by atoms with Gasteiger partial charge in [-0.3, -0.25) is 14.9 Å². The number of imide groups is 1. The lowest BCUT2D eigenvalue weighted by Gasteiger charge is -2.08. The van der Waals surface area contributed by atoms with Crippen LogP contribution in [-0.2, 0) is 0 Å². The lowest BCUT2D eigenvalue weighted by Crippen LogP contribution is -2.30. The molecule has 0 saturated carbocycles. The number of hydrogen-bond donors (Lipinski definition) is 2. The molecule has 3 rings (SSSR count). The van der Waals surface area contributed by atoms with Crippen molar-refractivity contribution in [1.29, 1.82) is 0 Å². The molecule has 108 valence electrons. The Labute approximate surface area is 127 Å². The summed E-state index contributed by atoms with van der Waals surface area (Å²) in [5.74, 6) is -0.828. The molecule has 0 unspecified atom stereocenters. The highest BCUT2D eigenvalue weighted by Crippen LogP contribution is 2.21. The number of carbonyl (C=O) groups is 2. The van der Waals surface area contributed by atoms with Crippen molar-refractivity contribution in [2.75, 3.05) is 0 Å². The van der Waals surface area contributed by atoms with Crippen LogP contribution in [-0.4, -0.2) is 16.8 Å². The topological polar surface area (TPSA) is 62.0 Å². The number of aromatic nitrogens is 1. The van der Waals surface area contributed by atoms with Gasteiger partial charge in [0, 0.05) is 28.6 Å². The molecule has 1 aromatic heterocycles. The molecule has 0 radical (unpaired) electrons. The Morgan fingerprint density at radius 1 is 0.773 bits per heavy atom. The smallest absolute Gasteiger partial charge is 0.258 e. The van der Waals surface area contributed by atoms with E-state index in [0.29, 0.717) is 11.1 Å². The predicted octanol–water partition coefficient (Wildman–Crippen LogP) is 3.25. The fraction of sp³-hybridized carbons (Fsp3) is 0. The molecule has 0 bridgehead atoms. The van der Waals surface area contributed by atoms with Crippen molar-refractivity contribution in [3.8, 4) is 11.3 Å². The van der Waals surface area contributed by atoms with Crippen molar-refractivity contribution in [2.24, 2.45) is 0 Å². The molecule has 0 aliphatic carbocycles. The molecule has 2 N–H and O–H groups in total. The van der Waals surface area contributed by atoms with Crippen molar-refractivity contribution < 1.29 is 9.59 Å². The van der Waals surface area contributed by atoms with Gasteiger partial charge in [-0.15, -0.1) is 0 Å². The predicted molar refractivity (Wildman–Crippen MR) is 84.5 cm³/mol. The molecule has 4 nitrogen and oxygen atoms in total. The molecule has 0 aliphatic heterocycles. The summed E-state index contributed by atoms with van der Waals surface area (Å²) in [5.41, 5.74) is 2.49. The number of rotatable bonds is 3. The van der Waals surface area contributed by atoms with Crippen LogP contribution in [0.1, 0.15) is 20.7 Å². The SMILES string of the molecule is O=C(NC(=O)c1ccccc1-c1ccc[nH]1)c1ccccc1. The first-order chi connectivity index (χ1) is 10.8. The highest BCUT2D eigenvalue weighted by atomic mass is 16.2. The molecule has 0 fully saturated rings. The lowest BCUT2D eigenvalue weighted by molar-refractivity contribution is 0.0849. The standard InChI is InChI=1S/C18H14N2O2/c21-17(13-7-2-1-3-8-13)20-18(22)15-10-5-4-9-14(15)16-11-6-12-19-16/h1-12,19H,(H,20,21,22). The number of hydrogen-bond acceptors (Lipinski definition) is 2. The second-order valence-corrected chi connectivity index (χ2v) is 4.78. The zero-order chi connectivity index (χ0) is 15.4. The fourth-order valence-electron chi connectivity index (χ4n) is 2.25. The lowest BCUT2D eigenvalue weighted by atomic mass is 10.0. The summed E-state index contributed by atoms with van der Waals surface area (Å²) in [6.07, 6.45) is 1.79. The van der Waals surface area contributed by atoms with Crippen LogP contribution in [0.4, 0.5) is 0 Å². The Balaban J connectivity index is 1.86. The Hall–Kier alpha value is -3.14. The average molecular weight is 290 g/mol. The molecule has 3 aromatic rings. The first-order valence-electron chi connectivity index (χ1n) is 6.89. The zero-order valence-corrected chi connectivity index (χ0v) is 11.7. The molecule has 2 aromatic carbocycles. The number of benzene rings is 2. The van der Waals surface area contributed by atoms with Crippen molar-refractivity contribution in [2.45, 2.75) is 0 Å². The minimum Gasteiger partial charge on any atom is -0.361 e. The van der Waals surface area contributed by atoms with Gasteiger partial charge in [0.1, 0.15) is 0 Å². The summed E-state index contributed by atoms with van der Waals surface area (Å²) in [6.45, 7) is 0. The first kappa shape index (κ1) is 13.8. The number of nitrogens with one attached hydrogen (secondary N) is 2. The molecule has 2 amide bonds. The largest absolute Gasteiger partial charge is 0.361 e. The van der Waals surface area contributed by atoms with Crippen LogP contribution in [0.25, 0.3) is 11.3 Å². The van der Waals surface area contributed by atoms with Gasteiger partial charge in [-0.25, -0.2) is 0 Å². The number of amides is 2. The van der Waals surface area contributed by atoms with Gasteiger partial charge >= 0.3 is 0 Å². The van der Waals surface area contributed by atoms with Crippen molar-refractivity contribution in [3.05, 3.63) is 84.1 Å². The molecule has 22 heavy (non-hydrogen) atoms. The summed E-state index contributed by atoms with van der Waals surface area (Å²) in [4.78, 5) is 27.6. The second kappa shape index (κ2) is 6.10. The second-order valence-electron chi connectivity index (χ2n) is 4.78. The van der Waals surface area contributed by atoms with E-state index in [2.05, 4.69) is 10.3 Å². The Morgan fingerprint density at radius 2 is 1.50 bits per heavy atom. The quantitative estimate of drug-likeness (QED) is 0.727. The van der Waals surface area contributed by atoms with Crippen molar-refractivity contribution in [3.63, 3.8) is 0 Å². The van der Waals surface area contributed by atoms with Crippen LogP contribution in [0.2, 0.25) is 0 Å². The Morgan fingerprint density at radius 3 is 2.23 bits per heavy atom. The molecule has 0 atom stereocenters.